The molecule has 0 radical (unpaired) electrons. The van der Waals surface area contributed by atoms with E-state index in [-0.39, 0.29) is 6.61 Å². The van der Waals surface area contributed by atoms with E-state index in [4.69, 9.17) is 9.84 Å². The Balaban J connectivity index is 2.76. The van der Waals surface area contributed by atoms with Gasteiger partial charge in [0.2, 0.25) is 0 Å². The average molecular weight is 237 g/mol. The van der Waals surface area contributed by atoms with Gasteiger partial charge in [-0.1, -0.05) is 6.07 Å². The summed E-state index contributed by atoms with van der Waals surface area (Å²) >= 11 is 0. The van der Waals surface area contributed by atoms with Gasteiger partial charge in [-0.3, -0.25) is 4.79 Å². The molecule has 1 aromatic carbocycles. The molecule has 0 aromatic heterocycles. The van der Waals surface area contributed by atoms with Gasteiger partial charge in [0, 0.05) is 0 Å². The van der Waals surface area contributed by atoms with Gasteiger partial charge in [-0.05, 0) is 51.1 Å². The number of likely N-dealkylation sites (N-methyl/N-ethyl adjacent to an activating group) is 1. The fourth-order valence-corrected chi connectivity index (χ4v) is 1.48. The van der Waals surface area contributed by atoms with Crippen LogP contribution in [0.1, 0.15) is 18.1 Å². The normalized spacial score (nSPS) is 14.1. The van der Waals surface area contributed by atoms with Crippen LogP contribution in [0.25, 0.3) is 0 Å². The summed E-state index contributed by atoms with van der Waals surface area (Å²) in [7, 11) is 1.61. The van der Waals surface area contributed by atoms with Crippen LogP contribution >= 0.6 is 0 Å². The molecule has 1 rings (SSSR count). The molecule has 0 bridgehead atoms. The van der Waals surface area contributed by atoms with E-state index in [0.717, 1.165) is 11.1 Å². The Hall–Kier alpha value is -1.55. The van der Waals surface area contributed by atoms with Gasteiger partial charge >= 0.3 is 5.97 Å². The second kappa shape index (κ2) is 5.19. The summed E-state index contributed by atoms with van der Waals surface area (Å²) in [6, 6.07) is 5.83. The molecule has 0 aliphatic carbocycles. The van der Waals surface area contributed by atoms with Gasteiger partial charge in [-0.2, -0.15) is 0 Å². The predicted molar refractivity (Wildman–Crippen MR) is 66.5 cm³/mol. The topological polar surface area (TPSA) is 58.6 Å². The van der Waals surface area contributed by atoms with Crippen molar-refractivity contribution in [2.45, 2.75) is 26.3 Å². The first-order chi connectivity index (χ1) is 7.87. The van der Waals surface area contributed by atoms with Gasteiger partial charge in [-0.25, -0.2) is 0 Å². The average Bonchev–Trinajstić information content (AvgIpc) is 2.24. The standard InChI is InChI=1S/C13H19NO3/c1-9-5-10(2)7-11(6-9)17-8-13(3,14-4)12(15)16/h5-7,14H,8H2,1-4H3,(H,15,16). The second-order valence-electron chi connectivity index (χ2n) is 4.50. The van der Waals surface area contributed by atoms with Crippen LogP contribution in [0.3, 0.4) is 0 Å². The van der Waals surface area contributed by atoms with Crippen molar-refractivity contribution in [1.82, 2.24) is 5.32 Å². The molecule has 0 saturated heterocycles. The summed E-state index contributed by atoms with van der Waals surface area (Å²) in [6.45, 7) is 5.64. The van der Waals surface area contributed by atoms with Crippen LogP contribution in [-0.2, 0) is 4.79 Å². The van der Waals surface area contributed by atoms with Crippen molar-refractivity contribution in [1.29, 1.82) is 0 Å². The number of ether oxygens (including phenoxy) is 1. The Labute approximate surface area is 102 Å². The molecule has 4 nitrogen and oxygen atoms in total. The summed E-state index contributed by atoms with van der Waals surface area (Å²) in [5.74, 6) is -0.227. The third-order valence-electron chi connectivity index (χ3n) is 2.75. The first-order valence-electron chi connectivity index (χ1n) is 5.51. The molecular weight excluding hydrogens is 218 g/mol. The molecule has 0 spiro atoms. The van der Waals surface area contributed by atoms with Crippen molar-refractivity contribution in [3.05, 3.63) is 29.3 Å². The molecule has 0 amide bonds. The highest BCUT2D eigenvalue weighted by Crippen LogP contribution is 2.17. The van der Waals surface area contributed by atoms with E-state index in [1.54, 1.807) is 14.0 Å². The number of carbonyl (C=O) groups is 1. The van der Waals surface area contributed by atoms with Crippen LogP contribution in [0.4, 0.5) is 0 Å². The Morgan fingerprint density at radius 3 is 2.29 bits per heavy atom. The van der Waals surface area contributed by atoms with Crippen LogP contribution in [0.2, 0.25) is 0 Å². The Bertz CT molecular complexity index is 397. The molecule has 0 heterocycles. The van der Waals surface area contributed by atoms with Gasteiger partial charge in [0.25, 0.3) is 0 Å². The number of aliphatic carboxylic acids is 1. The molecule has 0 fully saturated rings. The fraction of sp³-hybridized carbons (Fsp3) is 0.462. The van der Waals surface area contributed by atoms with E-state index >= 15 is 0 Å². The minimum Gasteiger partial charge on any atom is -0.491 e. The molecule has 0 saturated carbocycles. The van der Waals surface area contributed by atoms with Crippen molar-refractivity contribution >= 4 is 5.97 Å². The maximum atomic E-state index is 11.1. The number of rotatable bonds is 5. The van der Waals surface area contributed by atoms with Gasteiger partial charge in [-0.15, -0.1) is 0 Å². The molecule has 0 aliphatic heterocycles. The zero-order valence-electron chi connectivity index (χ0n) is 10.7. The summed E-state index contributed by atoms with van der Waals surface area (Å²) < 4.78 is 5.54. The molecule has 1 aromatic rings. The number of carboxylic acids is 1. The summed E-state index contributed by atoms with van der Waals surface area (Å²) in [5.41, 5.74) is 1.13. The summed E-state index contributed by atoms with van der Waals surface area (Å²) in [4.78, 5) is 11.1. The largest absolute Gasteiger partial charge is 0.491 e. The molecule has 4 heteroatoms. The molecule has 94 valence electrons. The summed E-state index contributed by atoms with van der Waals surface area (Å²) in [5, 5.41) is 11.8. The maximum absolute atomic E-state index is 11.1. The molecule has 1 atom stereocenters. The van der Waals surface area contributed by atoms with Crippen molar-refractivity contribution in [2.24, 2.45) is 0 Å². The van der Waals surface area contributed by atoms with Crippen LogP contribution in [0.5, 0.6) is 5.75 Å². The minimum atomic E-state index is -1.07. The minimum absolute atomic E-state index is 0.0850. The smallest absolute Gasteiger partial charge is 0.327 e. The number of hydrogen-bond acceptors (Lipinski definition) is 3. The van der Waals surface area contributed by atoms with Crippen LogP contribution in [0.15, 0.2) is 18.2 Å². The van der Waals surface area contributed by atoms with Crippen molar-refractivity contribution in [3.63, 3.8) is 0 Å². The van der Waals surface area contributed by atoms with E-state index in [9.17, 15) is 4.79 Å². The second-order valence-corrected chi connectivity index (χ2v) is 4.50. The molecular formula is C13H19NO3. The highest BCUT2D eigenvalue weighted by Gasteiger charge is 2.32. The van der Waals surface area contributed by atoms with Gasteiger partial charge in [0.15, 0.2) is 0 Å². The predicted octanol–water partition coefficient (Wildman–Crippen LogP) is 1.74. The number of benzene rings is 1. The lowest BCUT2D eigenvalue weighted by molar-refractivity contribution is -0.145. The summed E-state index contributed by atoms with van der Waals surface area (Å²) in [6.07, 6.45) is 0. The number of hydrogen-bond donors (Lipinski definition) is 2. The van der Waals surface area contributed by atoms with Crippen molar-refractivity contribution in [3.8, 4) is 5.75 Å². The van der Waals surface area contributed by atoms with E-state index in [0.29, 0.717) is 5.75 Å². The Morgan fingerprint density at radius 2 is 1.88 bits per heavy atom. The fourth-order valence-electron chi connectivity index (χ4n) is 1.48. The van der Waals surface area contributed by atoms with Crippen molar-refractivity contribution in [2.75, 3.05) is 13.7 Å². The monoisotopic (exact) mass is 237 g/mol. The zero-order valence-corrected chi connectivity index (χ0v) is 10.7. The third kappa shape index (κ3) is 3.46. The number of nitrogens with one attached hydrogen (secondary N) is 1. The first kappa shape index (κ1) is 13.5. The van der Waals surface area contributed by atoms with Crippen LogP contribution in [0, 0.1) is 13.8 Å². The van der Waals surface area contributed by atoms with Crippen LogP contribution in [-0.4, -0.2) is 30.3 Å². The van der Waals surface area contributed by atoms with Gasteiger partial charge in [0.1, 0.15) is 17.9 Å². The molecule has 0 aliphatic rings. The van der Waals surface area contributed by atoms with E-state index in [1.165, 1.54) is 0 Å². The highest BCUT2D eigenvalue weighted by atomic mass is 16.5. The van der Waals surface area contributed by atoms with Gasteiger partial charge in [0.05, 0.1) is 0 Å². The van der Waals surface area contributed by atoms with Crippen molar-refractivity contribution < 1.29 is 14.6 Å². The molecule has 2 N–H and O–H groups in total. The molecule has 1 unspecified atom stereocenters. The van der Waals surface area contributed by atoms with Gasteiger partial charge < -0.3 is 15.2 Å². The third-order valence-corrected chi connectivity index (χ3v) is 2.75. The van der Waals surface area contributed by atoms with E-state index < -0.39 is 11.5 Å². The van der Waals surface area contributed by atoms with E-state index in [1.807, 2.05) is 32.0 Å². The Morgan fingerprint density at radius 1 is 1.35 bits per heavy atom. The lowest BCUT2D eigenvalue weighted by Crippen LogP contribution is -2.52. The lowest BCUT2D eigenvalue weighted by Gasteiger charge is -2.24. The molecule has 17 heavy (non-hydrogen) atoms. The number of aryl methyl sites for hydroxylation is 2. The maximum Gasteiger partial charge on any atom is 0.327 e. The highest BCUT2D eigenvalue weighted by molar-refractivity contribution is 5.78. The zero-order chi connectivity index (χ0) is 13.1. The number of carboxylic acid groups (broad SMARTS) is 1. The Kier molecular flexibility index (Phi) is 4.12. The lowest BCUT2D eigenvalue weighted by atomic mass is 10.1. The quantitative estimate of drug-likeness (QED) is 0.819. The van der Waals surface area contributed by atoms with E-state index in [2.05, 4.69) is 5.32 Å². The SMILES string of the molecule is CNC(C)(COc1cc(C)cc(C)c1)C(=O)O. The van der Waals surface area contributed by atoms with Crippen LogP contribution < -0.4 is 10.1 Å². The first-order valence-corrected chi connectivity index (χ1v) is 5.51.